The maximum Gasteiger partial charge on any atom is 0.305 e. The highest BCUT2D eigenvalue weighted by molar-refractivity contribution is 9.10. The van der Waals surface area contributed by atoms with Gasteiger partial charge >= 0.3 is 6.01 Å². The molecule has 0 bridgehead atoms. The van der Waals surface area contributed by atoms with Crippen molar-refractivity contribution in [2.45, 2.75) is 11.8 Å². The minimum atomic E-state index is -0.163. The van der Waals surface area contributed by atoms with Crippen molar-refractivity contribution in [1.29, 1.82) is 0 Å². The van der Waals surface area contributed by atoms with E-state index in [2.05, 4.69) is 20.9 Å². The number of benzene rings is 1. The molecular weight excluding hydrogens is 307 g/mol. The van der Waals surface area contributed by atoms with Gasteiger partial charge in [0.25, 0.3) is 0 Å². The van der Waals surface area contributed by atoms with Crippen LogP contribution in [-0.4, -0.2) is 22.8 Å². The van der Waals surface area contributed by atoms with E-state index in [-0.39, 0.29) is 11.3 Å². The minimum Gasteiger partial charge on any atom is -0.423 e. The average Bonchev–Trinajstić information content (AvgIpc) is 2.80. The summed E-state index contributed by atoms with van der Waals surface area (Å²) >= 11 is 9.29. The molecule has 0 N–H and O–H groups in total. The van der Waals surface area contributed by atoms with Crippen LogP contribution in [0.15, 0.2) is 27.1 Å². The first-order valence-electron chi connectivity index (χ1n) is 5.14. The summed E-state index contributed by atoms with van der Waals surface area (Å²) in [7, 11) is 0. The number of aromatic nitrogens is 1. The molecule has 2 aromatic rings. The molecule has 1 atom stereocenters. The van der Waals surface area contributed by atoms with Crippen molar-refractivity contribution in [3.63, 3.8) is 0 Å². The number of alkyl halides is 1. The van der Waals surface area contributed by atoms with Gasteiger partial charge in [-0.3, -0.25) is 9.69 Å². The van der Waals surface area contributed by atoms with Gasteiger partial charge in [-0.05, 0) is 18.2 Å². The topological polar surface area (TPSA) is 46.3 Å². The number of amides is 1. The lowest BCUT2D eigenvalue weighted by Crippen LogP contribution is -2.24. The molecule has 1 unspecified atom stereocenters. The van der Waals surface area contributed by atoms with Gasteiger partial charge in [0.1, 0.15) is 5.52 Å². The summed E-state index contributed by atoms with van der Waals surface area (Å²) in [5.41, 5.74) is 1.38. The van der Waals surface area contributed by atoms with Crippen molar-refractivity contribution < 1.29 is 9.21 Å². The van der Waals surface area contributed by atoms with Gasteiger partial charge in [-0.1, -0.05) is 15.9 Å². The molecule has 88 valence electrons. The largest absolute Gasteiger partial charge is 0.423 e. The molecule has 6 heteroatoms. The van der Waals surface area contributed by atoms with Gasteiger partial charge < -0.3 is 4.42 Å². The van der Waals surface area contributed by atoms with Crippen molar-refractivity contribution in [2.24, 2.45) is 0 Å². The van der Waals surface area contributed by atoms with Gasteiger partial charge in [-0.2, -0.15) is 4.98 Å². The molecule has 0 spiro atoms. The Morgan fingerprint density at radius 3 is 3.06 bits per heavy atom. The second kappa shape index (κ2) is 3.99. The maximum atomic E-state index is 11.7. The molecule has 1 aliphatic rings. The van der Waals surface area contributed by atoms with E-state index < -0.39 is 0 Å². The molecule has 0 aliphatic carbocycles. The molecule has 0 saturated carbocycles. The van der Waals surface area contributed by atoms with Crippen LogP contribution in [0, 0.1) is 0 Å². The lowest BCUT2D eigenvalue weighted by atomic mass is 10.3. The highest BCUT2D eigenvalue weighted by atomic mass is 79.9. The van der Waals surface area contributed by atoms with E-state index in [1.54, 1.807) is 0 Å². The van der Waals surface area contributed by atoms with E-state index in [4.69, 9.17) is 16.0 Å². The fourth-order valence-electron chi connectivity index (χ4n) is 1.85. The first-order valence-corrected chi connectivity index (χ1v) is 6.37. The zero-order chi connectivity index (χ0) is 12.0. The first kappa shape index (κ1) is 11.0. The van der Waals surface area contributed by atoms with Gasteiger partial charge in [0.15, 0.2) is 5.58 Å². The number of hydrogen-bond donors (Lipinski definition) is 0. The Kier molecular flexibility index (Phi) is 2.60. The van der Waals surface area contributed by atoms with E-state index >= 15 is 0 Å². The zero-order valence-electron chi connectivity index (χ0n) is 8.69. The fourth-order valence-corrected chi connectivity index (χ4v) is 2.46. The van der Waals surface area contributed by atoms with Crippen molar-refractivity contribution in [1.82, 2.24) is 4.98 Å². The predicted octanol–water partition coefficient (Wildman–Crippen LogP) is 2.93. The van der Waals surface area contributed by atoms with Crippen LogP contribution >= 0.6 is 27.5 Å². The average molecular weight is 316 g/mol. The van der Waals surface area contributed by atoms with Crippen LogP contribution in [0.2, 0.25) is 0 Å². The van der Waals surface area contributed by atoms with Crippen LogP contribution in [0.1, 0.15) is 6.42 Å². The molecule has 1 aliphatic heterocycles. The van der Waals surface area contributed by atoms with E-state index in [1.165, 1.54) is 4.90 Å². The van der Waals surface area contributed by atoms with Gasteiger partial charge in [0.05, 0.1) is 5.38 Å². The Hall–Kier alpha value is -1.07. The fraction of sp³-hybridized carbons (Fsp3) is 0.273. The third-order valence-electron chi connectivity index (χ3n) is 2.65. The molecule has 17 heavy (non-hydrogen) atoms. The van der Waals surface area contributed by atoms with Crippen molar-refractivity contribution >= 4 is 50.6 Å². The Morgan fingerprint density at radius 1 is 1.53 bits per heavy atom. The number of nitrogens with zero attached hydrogens (tertiary/aromatic N) is 2. The first-order chi connectivity index (χ1) is 8.13. The van der Waals surface area contributed by atoms with Crippen LogP contribution in [0.25, 0.3) is 11.1 Å². The number of carbonyl (C=O) groups is 1. The van der Waals surface area contributed by atoms with Crippen molar-refractivity contribution in [3.8, 4) is 0 Å². The Bertz CT molecular complexity index is 598. The smallest absolute Gasteiger partial charge is 0.305 e. The second-order valence-electron chi connectivity index (χ2n) is 3.91. The molecule has 3 rings (SSSR count). The lowest BCUT2D eigenvalue weighted by Gasteiger charge is -2.08. The van der Waals surface area contributed by atoms with Gasteiger partial charge in [0, 0.05) is 17.4 Å². The minimum absolute atomic E-state index is 0.0457. The van der Waals surface area contributed by atoms with E-state index in [0.29, 0.717) is 24.6 Å². The molecular formula is C11H8BrClN2O2. The third kappa shape index (κ3) is 1.93. The Morgan fingerprint density at radius 2 is 2.35 bits per heavy atom. The third-order valence-corrected chi connectivity index (χ3v) is 3.43. The summed E-state index contributed by atoms with van der Waals surface area (Å²) in [5.74, 6) is -0.0457. The van der Waals surface area contributed by atoms with Gasteiger partial charge in [-0.25, -0.2) is 0 Å². The van der Waals surface area contributed by atoms with Gasteiger partial charge in [-0.15, -0.1) is 11.6 Å². The Balaban J connectivity index is 2.03. The number of rotatable bonds is 1. The second-order valence-corrected chi connectivity index (χ2v) is 5.45. The predicted molar refractivity (Wildman–Crippen MR) is 68.3 cm³/mol. The number of hydrogen-bond acceptors (Lipinski definition) is 3. The highest BCUT2D eigenvalue weighted by Gasteiger charge is 2.32. The number of halogens is 2. The van der Waals surface area contributed by atoms with Crippen LogP contribution in [0.3, 0.4) is 0 Å². The quantitative estimate of drug-likeness (QED) is 0.760. The van der Waals surface area contributed by atoms with Crippen LogP contribution < -0.4 is 4.90 Å². The highest BCUT2D eigenvalue weighted by Crippen LogP contribution is 2.28. The van der Waals surface area contributed by atoms with Crippen LogP contribution in [0.5, 0.6) is 0 Å². The molecule has 2 heterocycles. The summed E-state index contributed by atoms with van der Waals surface area (Å²) in [6.07, 6.45) is 0.337. The zero-order valence-corrected chi connectivity index (χ0v) is 11.0. The molecule has 0 radical (unpaired) electrons. The summed E-state index contributed by atoms with van der Waals surface area (Å²) in [6.45, 7) is 0.453. The molecule has 1 saturated heterocycles. The van der Waals surface area contributed by atoms with E-state index in [1.807, 2.05) is 18.2 Å². The number of anilines is 1. The summed E-state index contributed by atoms with van der Waals surface area (Å²) < 4.78 is 6.47. The van der Waals surface area contributed by atoms with Crippen LogP contribution in [-0.2, 0) is 4.79 Å². The van der Waals surface area contributed by atoms with Crippen LogP contribution in [0.4, 0.5) is 6.01 Å². The number of fused-ring (bicyclic) bond motifs is 1. The molecule has 1 amide bonds. The Labute approximate surface area is 111 Å². The molecule has 1 aromatic carbocycles. The monoisotopic (exact) mass is 314 g/mol. The number of carbonyl (C=O) groups excluding carboxylic acids is 1. The molecule has 1 fully saturated rings. The SMILES string of the molecule is O=C1CC(Cl)CN1c1nc2ccc(Br)cc2o1. The van der Waals surface area contributed by atoms with E-state index in [9.17, 15) is 4.79 Å². The summed E-state index contributed by atoms with van der Waals surface area (Å²) in [6, 6.07) is 5.87. The summed E-state index contributed by atoms with van der Waals surface area (Å²) in [4.78, 5) is 17.4. The summed E-state index contributed by atoms with van der Waals surface area (Å²) in [5, 5.41) is -0.163. The molecule has 1 aromatic heterocycles. The number of oxazole rings is 1. The van der Waals surface area contributed by atoms with E-state index in [0.717, 1.165) is 9.99 Å². The van der Waals surface area contributed by atoms with Crippen molar-refractivity contribution in [2.75, 3.05) is 11.4 Å². The normalized spacial score (nSPS) is 20.5. The van der Waals surface area contributed by atoms with Gasteiger partial charge in [0.2, 0.25) is 5.91 Å². The maximum absolute atomic E-state index is 11.7. The van der Waals surface area contributed by atoms with Crippen molar-refractivity contribution in [3.05, 3.63) is 22.7 Å². The lowest BCUT2D eigenvalue weighted by molar-refractivity contribution is -0.117. The molecule has 4 nitrogen and oxygen atoms in total. The standard InChI is InChI=1S/C11H8BrClN2O2/c12-6-1-2-8-9(3-6)17-11(14-8)15-5-7(13)4-10(15)16/h1-3,7H,4-5H2.